The average molecular weight is 493 g/mol. The molecule has 0 radical (unpaired) electrons. The maximum absolute atomic E-state index is 13.1. The Bertz CT molecular complexity index is 1310. The Morgan fingerprint density at radius 1 is 0.583 bits per heavy atom. The van der Waals surface area contributed by atoms with E-state index in [4.69, 9.17) is 4.74 Å². The summed E-state index contributed by atoms with van der Waals surface area (Å²) < 4.78 is 6.07. The SMILES string of the molecule is CC1=C(OCCC[PH](c2ccccc2)(c2ccccc2)c2ccccc2)C(=O)c2ccccc2C1=O. The number of Topliss-reactive ketones (excluding diaryl/α,β-unsaturated/α-hetero) is 2. The molecule has 0 aliphatic heterocycles. The first-order valence-corrected chi connectivity index (χ1v) is 14.5. The summed E-state index contributed by atoms with van der Waals surface area (Å²) in [4.78, 5) is 25.9. The number of benzene rings is 4. The minimum atomic E-state index is -2.36. The number of rotatable bonds is 8. The molecular weight excluding hydrogens is 463 g/mol. The summed E-state index contributed by atoms with van der Waals surface area (Å²) >= 11 is 0. The molecule has 0 amide bonds. The van der Waals surface area contributed by atoms with Crippen LogP contribution in [0.4, 0.5) is 0 Å². The van der Waals surface area contributed by atoms with Gasteiger partial charge in [-0.15, -0.1) is 0 Å². The number of hydrogen-bond donors (Lipinski definition) is 0. The van der Waals surface area contributed by atoms with Gasteiger partial charge in [-0.2, -0.15) is 0 Å². The van der Waals surface area contributed by atoms with Crippen molar-refractivity contribution in [2.45, 2.75) is 13.3 Å². The molecule has 0 saturated carbocycles. The van der Waals surface area contributed by atoms with E-state index in [2.05, 4.69) is 91.0 Å². The van der Waals surface area contributed by atoms with Gasteiger partial charge in [-0.3, -0.25) is 0 Å². The molecule has 0 aromatic heterocycles. The van der Waals surface area contributed by atoms with Gasteiger partial charge in [0.25, 0.3) is 0 Å². The summed E-state index contributed by atoms with van der Waals surface area (Å²) in [6, 6.07) is 39.2. The average Bonchev–Trinajstić information content (AvgIpc) is 2.95. The van der Waals surface area contributed by atoms with Gasteiger partial charge in [0, 0.05) is 0 Å². The Morgan fingerprint density at radius 2 is 1.00 bits per heavy atom. The predicted octanol–water partition coefficient (Wildman–Crippen LogP) is 5.47. The van der Waals surface area contributed by atoms with Crippen LogP contribution in [0.3, 0.4) is 0 Å². The van der Waals surface area contributed by atoms with Crippen molar-refractivity contribution in [1.29, 1.82) is 0 Å². The zero-order chi connectivity index (χ0) is 25.0. The Hall–Kier alpha value is -3.81. The van der Waals surface area contributed by atoms with Crippen molar-refractivity contribution in [2.24, 2.45) is 0 Å². The van der Waals surface area contributed by atoms with Gasteiger partial charge in [-0.1, -0.05) is 0 Å². The third kappa shape index (κ3) is 4.32. The molecule has 0 fully saturated rings. The number of hydrogen-bond acceptors (Lipinski definition) is 3. The van der Waals surface area contributed by atoms with Crippen molar-refractivity contribution in [3.63, 3.8) is 0 Å². The molecule has 5 rings (SSSR count). The van der Waals surface area contributed by atoms with Crippen LogP contribution in [-0.2, 0) is 4.74 Å². The van der Waals surface area contributed by atoms with Crippen molar-refractivity contribution in [3.05, 3.63) is 138 Å². The monoisotopic (exact) mass is 492 g/mol. The first kappa shape index (κ1) is 23.9. The molecule has 0 saturated heterocycles. The quantitative estimate of drug-likeness (QED) is 0.242. The number of fused-ring (bicyclic) bond motifs is 1. The van der Waals surface area contributed by atoms with Gasteiger partial charge in [-0.05, 0) is 0 Å². The Balaban J connectivity index is 1.45. The van der Waals surface area contributed by atoms with E-state index in [1.54, 1.807) is 31.2 Å². The van der Waals surface area contributed by atoms with E-state index in [1.807, 2.05) is 0 Å². The van der Waals surface area contributed by atoms with Gasteiger partial charge in [-0.25, -0.2) is 0 Å². The molecule has 0 unspecified atom stereocenters. The van der Waals surface area contributed by atoms with Crippen LogP contribution in [0.25, 0.3) is 0 Å². The van der Waals surface area contributed by atoms with Crippen LogP contribution in [0.2, 0.25) is 0 Å². The summed E-state index contributed by atoms with van der Waals surface area (Å²) in [7, 11) is -2.36. The second kappa shape index (κ2) is 10.4. The van der Waals surface area contributed by atoms with E-state index < -0.39 is 7.26 Å². The van der Waals surface area contributed by atoms with E-state index in [0.717, 1.165) is 12.6 Å². The van der Waals surface area contributed by atoms with Crippen molar-refractivity contribution in [2.75, 3.05) is 12.8 Å². The van der Waals surface area contributed by atoms with Crippen molar-refractivity contribution >= 4 is 34.7 Å². The minimum absolute atomic E-state index is 0.137. The van der Waals surface area contributed by atoms with E-state index >= 15 is 0 Å². The molecule has 36 heavy (non-hydrogen) atoms. The second-order valence-electron chi connectivity index (χ2n) is 9.11. The summed E-state index contributed by atoms with van der Waals surface area (Å²) in [6.07, 6.45) is 1.67. The Morgan fingerprint density at radius 3 is 1.47 bits per heavy atom. The maximum atomic E-state index is 13.1. The topological polar surface area (TPSA) is 43.4 Å². The summed E-state index contributed by atoms with van der Waals surface area (Å²) in [5.41, 5.74) is 1.26. The number of carbonyl (C=O) groups excluding carboxylic acids is 2. The van der Waals surface area contributed by atoms with Gasteiger partial charge in [0.15, 0.2) is 0 Å². The van der Waals surface area contributed by atoms with E-state index in [1.165, 1.54) is 15.9 Å². The fourth-order valence-electron chi connectivity index (χ4n) is 5.26. The molecule has 0 spiro atoms. The molecule has 0 heterocycles. The number of carbonyl (C=O) groups is 2. The van der Waals surface area contributed by atoms with Gasteiger partial charge < -0.3 is 0 Å². The van der Waals surface area contributed by atoms with Crippen molar-refractivity contribution < 1.29 is 14.3 Å². The molecule has 0 bridgehead atoms. The Labute approximate surface area is 212 Å². The zero-order valence-electron chi connectivity index (χ0n) is 20.3. The first-order valence-electron chi connectivity index (χ1n) is 12.3. The fraction of sp³-hybridized carbons (Fsp3) is 0.125. The van der Waals surface area contributed by atoms with Crippen LogP contribution < -0.4 is 15.9 Å². The molecule has 4 aromatic rings. The molecule has 0 atom stereocenters. The first-order chi connectivity index (χ1) is 17.6. The molecule has 4 aromatic carbocycles. The molecule has 180 valence electrons. The molecule has 4 heteroatoms. The molecular formula is C32H29O3P. The molecule has 1 aliphatic carbocycles. The van der Waals surface area contributed by atoms with E-state index in [-0.39, 0.29) is 17.3 Å². The normalized spacial score (nSPS) is 13.9. The van der Waals surface area contributed by atoms with Crippen LogP contribution in [0.15, 0.2) is 127 Å². The molecule has 3 nitrogen and oxygen atoms in total. The van der Waals surface area contributed by atoms with Crippen LogP contribution >= 0.6 is 7.26 Å². The summed E-state index contributed by atoms with van der Waals surface area (Å²) in [6.45, 7) is 2.05. The third-order valence-corrected chi connectivity index (χ3v) is 12.1. The number of ether oxygens (including phenoxy) is 1. The van der Waals surface area contributed by atoms with E-state index in [0.29, 0.717) is 23.3 Å². The van der Waals surface area contributed by atoms with Crippen molar-refractivity contribution in [1.82, 2.24) is 0 Å². The van der Waals surface area contributed by atoms with Crippen molar-refractivity contribution in [3.8, 4) is 0 Å². The predicted molar refractivity (Wildman–Crippen MR) is 150 cm³/mol. The Kier molecular flexibility index (Phi) is 6.93. The molecule has 1 aliphatic rings. The van der Waals surface area contributed by atoms with Crippen LogP contribution in [0.5, 0.6) is 0 Å². The summed E-state index contributed by atoms with van der Waals surface area (Å²) in [5, 5.41) is 4.03. The fourth-order valence-corrected chi connectivity index (χ4v) is 10.1. The van der Waals surface area contributed by atoms with Crippen LogP contribution in [0, 0.1) is 0 Å². The standard InChI is InChI=1S/C32H29O3P/c1-24-30(33)28-20-11-12-21-29(28)31(34)32(24)35-22-13-23-36(25-14-5-2-6-15-25,26-16-7-3-8-17-26)27-18-9-4-10-19-27/h2-12,14-21,36H,13,22-23H2,1H3. The number of allylic oxidation sites excluding steroid dienone is 2. The third-order valence-electron chi connectivity index (χ3n) is 7.05. The summed E-state index contributed by atoms with van der Waals surface area (Å²) in [5.74, 6) is -0.160. The van der Waals surface area contributed by atoms with Gasteiger partial charge in [0.05, 0.1) is 0 Å². The number of ketones is 2. The van der Waals surface area contributed by atoms with Crippen LogP contribution in [-0.4, -0.2) is 24.3 Å². The van der Waals surface area contributed by atoms with Gasteiger partial charge in [0.1, 0.15) is 0 Å². The second-order valence-corrected chi connectivity index (χ2v) is 13.2. The zero-order valence-corrected chi connectivity index (χ0v) is 21.3. The van der Waals surface area contributed by atoms with Gasteiger partial charge in [0.2, 0.25) is 0 Å². The van der Waals surface area contributed by atoms with Gasteiger partial charge >= 0.3 is 213 Å². The van der Waals surface area contributed by atoms with Crippen LogP contribution in [0.1, 0.15) is 34.1 Å². The molecule has 0 N–H and O–H groups in total. The van der Waals surface area contributed by atoms with E-state index in [9.17, 15) is 9.59 Å².